The zero-order valence-corrected chi connectivity index (χ0v) is 20.5. The average Bonchev–Trinajstić information content (AvgIpc) is 3.59. The second-order valence-electron chi connectivity index (χ2n) is 9.20. The number of halogens is 3. The zero-order valence-electron chi connectivity index (χ0n) is 20.5. The number of rotatable bonds is 5. The fourth-order valence-electron chi connectivity index (χ4n) is 4.68. The number of hydrogen-bond donors (Lipinski definition) is 1. The molecular formula is C27H25F3N6O2. The first-order valence-corrected chi connectivity index (χ1v) is 12.1. The number of aryl methyl sites for hydroxylation is 1. The molecule has 5 rings (SSSR count). The fraction of sp³-hybridized carbons (Fsp3) is 0.259. The van der Waals surface area contributed by atoms with Crippen molar-refractivity contribution in [1.29, 1.82) is 0 Å². The number of hydrogen-bond acceptors (Lipinski definition) is 4. The summed E-state index contributed by atoms with van der Waals surface area (Å²) < 4.78 is 42.2. The lowest BCUT2D eigenvalue weighted by Gasteiger charge is -2.32. The van der Waals surface area contributed by atoms with Crippen LogP contribution in [-0.2, 0) is 13.2 Å². The van der Waals surface area contributed by atoms with Gasteiger partial charge in [0.1, 0.15) is 0 Å². The Bertz CT molecular complexity index is 1420. The number of alkyl halides is 3. The van der Waals surface area contributed by atoms with E-state index in [0.717, 1.165) is 35.0 Å². The van der Waals surface area contributed by atoms with E-state index in [1.807, 2.05) is 53.6 Å². The van der Waals surface area contributed by atoms with Crippen LogP contribution in [0.25, 0.3) is 5.69 Å². The molecule has 1 fully saturated rings. The number of benzene rings is 2. The predicted octanol–water partition coefficient (Wildman–Crippen LogP) is 4.90. The van der Waals surface area contributed by atoms with Crippen molar-refractivity contribution in [2.24, 2.45) is 7.05 Å². The highest BCUT2D eigenvalue weighted by atomic mass is 19.4. The predicted molar refractivity (Wildman–Crippen MR) is 134 cm³/mol. The lowest BCUT2D eigenvalue weighted by atomic mass is 9.89. The van der Waals surface area contributed by atoms with Crippen molar-refractivity contribution in [3.8, 4) is 5.69 Å². The zero-order chi connectivity index (χ0) is 26.9. The molecule has 196 valence electrons. The number of carbonyl (C=O) groups is 2. The molecule has 1 saturated heterocycles. The summed E-state index contributed by atoms with van der Waals surface area (Å²) in [5.41, 5.74) is 1.20. The van der Waals surface area contributed by atoms with Gasteiger partial charge >= 0.3 is 6.18 Å². The third kappa shape index (κ3) is 5.31. The molecule has 38 heavy (non-hydrogen) atoms. The molecule has 0 saturated carbocycles. The standard InChI is InChI=1S/C27H25F3N6O2/c1-34-17-23(24(33-34)27(28,29)30)25(37)32-21-7-3-18(4-8-21)19-11-15-35(16-12-19)26(38)20-5-9-22(10-6-20)36-14-2-13-31-36/h2-10,13-14,17,19H,11-12,15-16H2,1H3,(H,32,37). The number of likely N-dealkylation sites (tertiary alicyclic amines) is 1. The van der Waals surface area contributed by atoms with Gasteiger partial charge in [-0.05, 0) is 66.8 Å². The summed E-state index contributed by atoms with van der Waals surface area (Å²) in [6, 6.07) is 16.3. The second kappa shape index (κ2) is 10.2. The van der Waals surface area contributed by atoms with Gasteiger partial charge in [0, 0.05) is 50.0 Å². The van der Waals surface area contributed by atoms with E-state index in [-0.39, 0.29) is 11.8 Å². The van der Waals surface area contributed by atoms with Gasteiger partial charge in [-0.15, -0.1) is 0 Å². The number of nitrogens with zero attached hydrogens (tertiary/aromatic N) is 5. The minimum absolute atomic E-state index is 0.0119. The van der Waals surface area contributed by atoms with E-state index in [9.17, 15) is 22.8 Å². The van der Waals surface area contributed by atoms with Gasteiger partial charge in [0.2, 0.25) is 0 Å². The van der Waals surface area contributed by atoms with Gasteiger partial charge in [-0.2, -0.15) is 23.4 Å². The Morgan fingerprint density at radius 1 is 1.00 bits per heavy atom. The van der Waals surface area contributed by atoms with Crippen LogP contribution in [0.1, 0.15) is 50.7 Å². The lowest BCUT2D eigenvalue weighted by Crippen LogP contribution is -2.37. The van der Waals surface area contributed by atoms with Crippen LogP contribution in [0.5, 0.6) is 0 Å². The molecule has 1 aliphatic rings. The van der Waals surface area contributed by atoms with Crippen LogP contribution in [0.4, 0.5) is 18.9 Å². The van der Waals surface area contributed by atoms with E-state index in [0.29, 0.717) is 24.3 Å². The molecular weight excluding hydrogens is 497 g/mol. The summed E-state index contributed by atoms with van der Waals surface area (Å²) in [5.74, 6) is -0.647. The Kier molecular flexibility index (Phi) is 6.75. The van der Waals surface area contributed by atoms with Gasteiger partial charge in [0.15, 0.2) is 5.69 Å². The highest BCUT2D eigenvalue weighted by molar-refractivity contribution is 6.05. The molecule has 0 bridgehead atoms. The number of nitrogens with one attached hydrogen (secondary N) is 1. The first-order chi connectivity index (χ1) is 18.2. The molecule has 4 aromatic rings. The van der Waals surface area contributed by atoms with Crippen LogP contribution in [0, 0.1) is 0 Å². The number of carbonyl (C=O) groups excluding carboxylic acids is 2. The largest absolute Gasteiger partial charge is 0.435 e. The van der Waals surface area contributed by atoms with Crippen LogP contribution in [0.15, 0.2) is 73.2 Å². The average molecular weight is 523 g/mol. The third-order valence-corrected chi connectivity index (χ3v) is 6.65. The van der Waals surface area contributed by atoms with Gasteiger partial charge in [0.25, 0.3) is 11.8 Å². The molecule has 3 heterocycles. The van der Waals surface area contributed by atoms with E-state index in [1.54, 1.807) is 23.0 Å². The summed E-state index contributed by atoms with van der Waals surface area (Å²) in [7, 11) is 1.33. The van der Waals surface area contributed by atoms with Gasteiger partial charge in [-0.3, -0.25) is 14.3 Å². The van der Waals surface area contributed by atoms with Crippen molar-refractivity contribution in [3.63, 3.8) is 0 Å². The SMILES string of the molecule is Cn1cc(C(=O)Nc2ccc(C3CCN(C(=O)c4ccc(-n5cccn5)cc4)CC3)cc2)c(C(F)(F)F)n1. The Morgan fingerprint density at radius 3 is 2.29 bits per heavy atom. The minimum atomic E-state index is -4.72. The lowest BCUT2D eigenvalue weighted by molar-refractivity contribution is -0.141. The van der Waals surface area contributed by atoms with E-state index < -0.39 is 23.3 Å². The van der Waals surface area contributed by atoms with Gasteiger partial charge in [0.05, 0.1) is 11.3 Å². The fourth-order valence-corrected chi connectivity index (χ4v) is 4.68. The monoisotopic (exact) mass is 522 g/mol. The molecule has 2 aromatic carbocycles. The Hall–Kier alpha value is -4.41. The molecule has 0 unspecified atom stereocenters. The van der Waals surface area contributed by atoms with Crippen molar-refractivity contribution in [2.75, 3.05) is 18.4 Å². The molecule has 11 heteroatoms. The normalized spacial score (nSPS) is 14.5. The second-order valence-corrected chi connectivity index (χ2v) is 9.20. The van der Waals surface area contributed by atoms with Crippen molar-refractivity contribution >= 4 is 17.5 Å². The number of amides is 2. The first-order valence-electron chi connectivity index (χ1n) is 12.1. The molecule has 0 aliphatic carbocycles. The van der Waals surface area contributed by atoms with Crippen LogP contribution in [0.3, 0.4) is 0 Å². The summed E-state index contributed by atoms with van der Waals surface area (Å²) in [4.78, 5) is 27.3. The Labute approximate surface area is 216 Å². The van der Waals surface area contributed by atoms with Crippen LogP contribution >= 0.6 is 0 Å². The topological polar surface area (TPSA) is 85.0 Å². The number of aromatic nitrogens is 4. The Morgan fingerprint density at radius 2 is 1.68 bits per heavy atom. The highest BCUT2D eigenvalue weighted by Crippen LogP contribution is 2.32. The first kappa shape index (κ1) is 25.2. The van der Waals surface area contributed by atoms with Gasteiger partial charge in [-0.25, -0.2) is 4.68 Å². The van der Waals surface area contributed by atoms with E-state index in [2.05, 4.69) is 15.5 Å². The summed E-state index contributed by atoms with van der Waals surface area (Å²) in [5, 5.41) is 10.1. The Balaban J connectivity index is 1.17. The molecule has 1 N–H and O–H groups in total. The van der Waals surface area contributed by atoms with E-state index in [1.165, 1.54) is 7.05 Å². The van der Waals surface area contributed by atoms with E-state index >= 15 is 0 Å². The molecule has 0 radical (unpaired) electrons. The van der Waals surface area contributed by atoms with Gasteiger partial charge < -0.3 is 10.2 Å². The molecule has 2 amide bonds. The summed E-state index contributed by atoms with van der Waals surface area (Å²) in [6.07, 6.45) is 1.43. The maximum absolute atomic E-state index is 13.2. The smallest absolute Gasteiger partial charge is 0.339 e. The van der Waals surface area contributed by atoms with Crippen LogP contribution in [0.2, 0.25) is 0 Å². The third-order valence-electron chi connectivity index (χ3n) is 6.65. The molecule has 0 atom stereocenters. The molecule has 0 spiro atoms. The number of piperidine rings is 1. The highest BCUT2D eigenvalue weighted by Gasteiger charge is 2.39. The van der Waals surface area contributed by atoms with Crippen molar-refractivity contribution in [3.05, 3.63) is 95.6 Å². The van der Waals surface area contributed by atoms with Crippen molar-refractivity contribution < 1.29 is 22.8 Å². The van der Waals surface area contributed by atoms with E-state index in [4.69, 9.17) is 0 Å². The van der Waals surface area contributed by atoms with Crippen molar-refractivity contribution in [1.82, 2.24) is 24.5 Å². The number of anilines is 1. The van der Waals surface area contributed by atoms with Crippen LogP contribution < -0.4 is 5.32 Å². The van der Waals surface area contributed by atoms with Crippen LogP contribution in [-0.4, -0.2) is 49.4 Å². The quantitative estimate of drug-likeness (QED) is 0.404. The molecule has 1 aliphatic heterocycles. The van der Waals surface area contributed by atoms with Crippen molar-refractivity contribution in [2.45, 2.75) is 24.9 Å². The maximum Gasteiger partial charge on any atom is 0.435 e. The van der Waals surface area contributed by atoms with Gasteiger partial charge in [-0.1, -0.05) is 12.1 Å². The summed E-state index contributed by atoms with van der Waals surface area (Å²) in [6.45, 7) is 1.23. The minimum Gasteiger partial charge on any atom is -0.339 e. The maximum atomic E-state index is 13.2. The molecule has 8 nitrogen and oxygen atoms in total. The summed E-state index contributed by atoms with van der Waals surface area (Å²) >= 11 is 0. The molecule has 2 aromatic heterocycles.